The molecule has 94 valence electrons. The Morgan fingerprint density at radius 2 is 2.00 bits per heavy atom. The first kappa shape index (κ1) is 14.1. The van der Waals surface area contributed by atoms with Gasteiger partial charge in [-0.1, -0.05) is 19.6 Å². The third-order valence-corrected chi connectivity index (χ3v) is 6.30. The minimum absolute atomic E-state index is 0.0375. The van der Waals surface area contributed by atoms with Gasteiger partial charge in [0.05, 0.1) is 12.0 Å². The number of hydrogen-bond acceptors (Lipinski definition) is 3. The highest BCUT2D eigenvalue weighted by Crippen LogP contribution is 2.49. The van der Waals surface area contributed by atoms with Crippen LogP contribution in [0.4, 0.5) is 0 Å². The van der Waals surface area contributed by atoms with E-state index in [1.54, 1.807) is 0 Å². The van der Waals surface area contributed by atoms with Crippen molar-refractivity contribution in [2.45, 2.75) is 45.5 Å². The molecular formula is C12H24O2SSi. The summed E-state index contributed by atoms with van der Waals surface area (Å²) >= 11 is 1.94. The van der Waals surface area contributed by atoms with Crippen LogP contribution in [0.2, 0.25) is 25.7 Å². The summed E-state index contributed by atoms with van der Waals surface area (Å²) in [4.78, 5) is 11.7. The molecule has 0 aromatic carbocycles. The molecule has 0 spiro atoms. The molecule has 0 heterocycles. The maximum atomic E-state index is 11.7. The molecule has 0 atom stereocenters. The summed E-state index contributed by atoms with van der Waals surface area (Å²) < 4.78 is 5.12. The van der Waals surface area contributed by atoms with Crippen molar-refractivity contribution in [1.29, 1.82) is 0 Å². The van der Waals surface area contributed by atoms with Crippen LogP contribution < -0.4 is 0 Å². The average Bonchev–Trinajstić information content (AvgIpc) is 2.93. The Bertz CT molecular complexity index is 244. The van der Waals surface area contributed by atoms with E-state index >= 15 is 0 Å². The molecule has 0 amide bonds. The number of rotatable bonds is 7. The Hall–Kier alpha value is 0.0369. The van der Waals surface area contributed by atoms with E-state index in [2.05, 4.69) is 19.6 Å². The van der Waals surface area contributed by atoms with Crippen LogP contribution in [-0.2, 0) is 9.53 Å². The monoisotopic (exact) mass is 260 g/mol. The fourth-order valence-corrected chi connectivity index (χ4v) is 5.46. The molecule has 0 bridgehead atoms. The van der Waals surface area contributed by atoms with Crippen LogP contribution in [-0.4, -0.2) is 32.2 Å². The van der Waals surface area contributed by atoms with Gasteiger partial charge in [-0.3, -0.25) is 4.79 Å². The molecule has 1 fully saturated rings. The van der Waals surface area contributed by atoms with Crippen LogP contribution in [0.5, 0.6) is 0 Å². The lowest BCUT2D eigenvalue weighted by atomic mass is 10.1. The maximum absolute atomic E-state index is 11.7. The zero-order valence-electron chi connectivity index (χ0n) is 11.0. The molecular weight excluding hydrogens is 236 g/mol. The van der Waals surface area contributed by atoms with Gasteiger partial charge in [0.15, 0.2) is 0 Å². The zero-order chi connectivity index (χ0) is 12.2. The van der Waals surface area contributed by atoms with Crippen molar-refractivity contribution in [1.82, 2.24) is 0 Å². The number of hydrogen-bond donors (Lipinski definition) is 0. The van der Waals surface area contributed by atoms with Gasteiger partial charge in [-0.2, -0.15) is 11.8 Å². The Balaban J connectivity index is 2.20. The van der Waals surface area contributed by atoms with Crippen LogP contribution >= 0.6 is 11.8 Å². The number of esters is 1. The number of ether oxygens (including phenoxy) is 1. The summed E-state index contributed by atoms with van der Waals surface area (Å²) in [5.41, 5.74) is -0.0971. The molecule has 0 aromatic heterocycles. The van der Waals surface area contributed by atoms with E-state index in [1.807, 2.05) is 18.7 Å². The number of thioether (sulfide) groups is 1. The smallest absolute Gasteiger partial charge is 0.312 e. The Morgan fingerprint density at radius 1 is 1.38 bits per heavy atom. The first-order valence-electron chi connectivity index (χ1n) is 6.15. The molecule has 0 aromatic rings. The molecule has 1 aliphatic rings. The van der Waals surface area contributed by atoms with Crippen LogP contribution in [0.3, 0.4) is 0 Å². The van der Waals surface area contributed by atoms with Gasteiger partial charge in [0.25, 0.3) is 0 Å². The molecule has 2 nitrogen and oxygen atoms in total. The normalized spacial score (nSPS) is 18.2. The van der Waals surface area contributed by atoms with Gasteiger partial charge < -0.3 is 4.74 Å². The topological polar surface area (TPSA) is 26.3 Å². The molecule has 1 aliphatic carbocycles. The molecule has 16 heavy (non-hydrogen) atoms. The molecule has 0 unspecified atom stereocenters. The van der Waals surface area contributed by atoms with E-state index < -0.39 is 8.07 Å². The lowest BCUT2D eigenvalue weighted by Gasteiger charge is -2.17. The van der Waals surface area contributed by atoms with Gasteiger partial charge >= 0.3 is 5.97 Å². The van der Waals surface area contributed by atoms with Crippen molar-refractivity contribution in [2.75, 3.05) is 18.1 Å². The Morgan fingerprint density at radius 3 is 2.44 bits per heavy atom. The van der Waals surface area contributed by atoms with E-state index in [4.69, 9.17) is 4.74 Å². The van der Waals surface area contributed by atoms with Crippen LogP contribution in [0.15, 0.2) is 0 Å². The van der Waals surface area contributed by atoms with E-state index in [1.165, 1.54) is 11.8 Å². The minimum atomic E-state index is -0.913. The predicted molar refractivity (Wildman–Crippen MR) is 73.8 cm³/mol. The molecule has 1 rings (SSSR count). The largest absolute Gasteiger partial charge is 0.466 e. The van der Waals surface area contributed by atoms with Gasteiger partial charge in [0.2, 0.25) is 0 Å². The first-order valence-corrected chi connectivity index (χ1v) is 11.0. The standard InChI is InChI=1S/C12H24O2SSi/c1-5-14-11(13)12(6-7-12)10-15-8-9-16(2,3)4/h5-10H2,1-4H3. The molecule has 1 saturated carbocycles. The predicted octanol–water partition coefficient (Wildman–Crippen LogP) is 3.40. The second kappa shape index (κ2) is 5.58. The van der Waals surface area contributed by atoms with E-state index in [0.29, 0.717) is 6.61 Å². The van der Waals surface area contributed by atoms with Crippen LogP contribution in [0.1, 0.15) is 19.8 Å². The molecule has 4 heteroatoms. The van der Waals surface area contributed by atoms with Gasteiger partial charge in [0.1, 0.15) is 0 Å². The van der Waals surface area contributed by atoms with E-state index in [0.717, 1.165) is 18.6 Å². The highest BCUT2D eigenvalue weighted by atomic mass is 32.2. The summed E-state index contributed by atoms with van der Waals surface area (Å²) in [6.45, 7) is 9.58. The molecule has 0 radical (unpaired) electrons. The fourth-order valence-electron chi connectivity index (χ4n) is 1.49. The fraction of sp³-hybridized carbons (Fsp3) is 0.917. The molecule has 0 aliphatic heterocycles. The molecule has 0 N–H and O–H groups in total. The third kappa shape index (κ3) is 4.50. The summed E-state index contributed by atoms with van der Waals surface area (Å²) in [6.07, 6.45) is 2.07. The number of carbonyl (C=O) groups is 1. The van der Waals surface area contributed by atoms with Crippen LogP contribution in [0.25, 0.3) is 0 Å². The van der Waals surface area contributed by atoms with Crippen molar-refractivity contribution in [3.8, 4) is 0 Å². The average molecular weight is 260 g/mol. The quantitative estimate of drug-likeness (QED) is 0.399. The summed E-state index contributed by atoms with van der Waals surface area (Å²) in [7, 11) is -0.913. The van der Waals surface area contributed by atoms with Crippen molar-refractivity contribution < 1.29 is 9.53 Å². The summed E-state index contributed by atoms with van der Waals surface area (Å²) in [5, 5.41) is 0. The zero-order valence-corrected chi connectivity index (χ0v) is 12.8. The summed E-state index contributed by atoms with van der Waals surface area (Å²) in [5.74, 6) is 2.21. The Kier molecular flexibility index (Phi) is 4.92. The lowest BCUT2D eigenvalue weighted by Crippen LogP contribution is -2.23. The minimum Gasteiger partial charge on any atom is -0.466 e. The third-order valence-electron chi connectivity index (χ3n) is 2.94. The highest BCUT2D eigenvalue weighted by molar-refractivity contribution is 7.99. The lowest BCUT2D eigenvalue weighted by molar-refractivity contribution is -0.148. The van der Waals surface area contributed by atoms with Crippen molar-refractivity contribution in [3.05, 3.63) is 0 Å². The van der Waals surface area contributed by atoms with Gasteiger partial charge in [-0.15, -0.1) is 0 Å². The van der Waals surface area contributed by atoms with Crippen molar-refractivity contribution >= 4 is 25.8 Å². The summed E-state index contributed by atoms with van der Waals surface area (Å²) in [6, 6.07) is 1.34. The second-order valence-corrected chi connectivity index (χ2v) is 12.6. The molecule has 0 saturated heterocycles. The van der Waals surface area contributed by atoms with Crippen molar-refractivity contribution in [2.24, 2.45) is 5.41 Å². The van der Waals surface area contributed by atoms with Gasteiger partial charge in [0, 0.05) is 13.8 Å². The SMILES string of the molecule is CCOC(=O)C1(CSCC[Si](C)(C)C)CC1. The maximum Gasteiger partial charge on any atom is 0.312 e. The second-order valence-electron chi connectivity index (χ2n) is 5.86. The van der Waals surface area contributed by atoms with E-state index in [9.17, 15) is 4.79 Å². The Labute approximate surface area is 105 Å². The van der Waals surface area contributed by atoms with Gasteiger partial charge in [-0.25, -0.2) is 0 Å². The highest BCUT2D eigenvalue weighted by Gasteiger charge is 2.50. The van der Waals surface area contributed by atoms with E-state index in [-0.39, 0.29) is 11.4 Å². The number of carbonyl (C=O) groups excluding carboxylic acids is 1. The first-order chi connectivity index (χ1) is 7.40. The van der Waals surface area contributed by atoms with Crippen LogP contribution in [0, 0.1) is 5.41 Å². The van der Waals surface area contributed by atoms with Crippen molar-refractivity contribution in [3.63, 3.8) is 0 Å². The van der Waals surface area contributed by atoms with Gasteiger partial charge in [-0.05, 0) is 31.6 Å².